The van der Waals surface area contributed by atoms with Crippen molar-refractivity contribution in [3.8, 4) is 10.4 Å². The molecule has 0 saturated carbocycles. The molecule has 1 saturated heterocycles. The summed E-state index contributed by atoms with van der Waals surface area (Å²) < 4.78 is 3.22. The highest BCUT2D eigenvalue weighted by Gasteiger charge is 2.38. The van der Waals surface area contributed by atoms with Gasteiger partial charge in [-0.05, 0) is 49.8 Å². The molecule has 4 heterocycles. The number of benzene rings is 1. The minimum absolute atomic E-state index is 0.00448. The van der Waals surface area contributed by atoms with Crippen LogP contribution >= 0.6 is 11.3 Å². The summed E-state index contributed by atoms with van der Waals surface area (Å²) in [4.78, 5) is 28.5. The maximum atomic E-state index is 12.7. The number of thiophene rings is 1. The van der Waals surface area contributed by atoms with Gasteiger partial charge in [-0.2, -0.15) is 0 Å². The number of hydrogen-bond acceptors (Lipinski definition) is 3. The number of urea groups is 1. The quantitative estimate of drug-likeness (QED) is 0.690. The summed E-state index contributed by atoms with van der Waals surface area (Å²) in [6, 6.07) is 14.4. The van der Waals surface area contributed by atoms with Gasteiger partial charge in [0.15, 0.2) is 0 Å². The van der Waals surface area contributed by atoms with Gasteiger partial charge in [0.2, 0.25) is 0 Å². The van der Waals surface area contributed by atoms with Crippen LogP contribution in [0.15, 0.2) is 47.3 Å². The number of rotatable bonds is 2. The fourth-order valence-corrected chi connectivity index (χ4v) is 5.94. The fraction of sp³-hybridized carbons (Fsp3) is 0.391. The van der Waals surface area contributed by atoms with Gasteiger partial charge in [-0.25, -0.2) is 4.79 Å². The van der Waals surface area contributed by atoms with Crippen molar-refractivity contribution in [2.75, 3.05) is 13.1 Å². The summed E-state index contributed by atoms with van der Waals surface area (Å²) in [5, 5.41) is 4.25. The number of nitrogens with one attached hydrogen (secondary N) is 1. The van der Waals surface area contributed by atoms with Crippen LogP contribution in [0.3, 0.4) is 0 Å². The summed E-state index contributed by atoms with van der Waals surface area (Å²) >= 11 is 1.77. The molecule has 0 aliphatic carbocycles. The van der Waals surface area contributed by atoms with Crippen molar-refractivity contribution in [2.45, 2.75) is 38.8 Å². The summed E-state index contributed by atoms with van der Waals surface area (Å²) in [6.07, 6.45) is 1.03. The number of fused-ring (bicyclic) bond motifs is 5. The van der Waals surface area contributed by atoms with Crippen molar-refractivity contribution in [1.82, 2.24) is 14.8 Å². The maximum absolute atomic E-state index is 12.7. The average molecular weight is 408 g/mol. The van der Waals surface area contributed by atoms with E-state index in [0.29, 0.717) is 25.6 Å². The van der Waals surface area contributed by atoms with E-state index in [0.717, 1.165) is 17.7 Å². The van der Waals surface area contributed by atoms with E-state index in [9.17, 15) is 9.59 Å². The average Bonchev–Trinajstić information content (AvgIpc) is 3.12. The molecule has 1 aromatic carbocycles. The van der Waals surface area contributed by atoms with E-state index in [2.05, 4.69) is 35.6 Å². The zero-order valence-electron chi connectivity index (χ0n) is 16.7. The molecular weight excluding hydrogens is 382 g/mol. The Hall–Kier alpha value is -2.60. The predicted molar refractivity (Wildman–Crippen MR) is 118 cm³/mol. The highest BCUT2D eigenvalue weighted by molar-refractivity contribution is 7.22. The third kappa shape index (κ3) is 3.25. The highest BCUT2D eigenvalue weighted by atomic mass is 32.1. The van der Waals surface area contributed by atoms with Gasteiger partial charge >= 0.3 is 6.03 Å². The van der Waals surface area contributed by atoms with E-state index >= 15 is 0 Å². The van der Waals surface area contributed by atoms with Gasteiger partial charge in [0.25, 0.3) is 5.56 Å². The molecule has 6 heteroatoms. The normalized spacial score (nSPS) is 20.7. The van der Waals surface area contributed by atoms with Crippen LogP contribution in [0.4, 0.5) is 4.79 Å². The van der Waals surface area contributed by atoms with Crippen LogP contribution in [-0.4, -0.2) is 34.6 Å². The second kappa shape index (κ2) is 7.02. The first-order valence-corrected chi connectivity index (χ1v) is 11.1. The molecule has 1 N–H and O–H groups in total. The Labute approximate surface area is 174 Å². The second-order valence-corrected chi connectivity index (χ2v) is 9.62. The summed E-state index contributed by atoms with van der Waals surface area (Å²) in [7, 11) is 0. The molecule has 2 atom stereocenters. The van der Waals surface area contributed by atoms with E-state index in [4.69, 9.17) is 0 Å². The van der Waals surface area contributed by atoms with Crippen LogP contribution < -0.4 is 10.9 Å². The molecule has 3 aromatic rings. The van der Waals surface area contributed by atoms with Crippen LogP contribution in [0.25, 0.3) is 20.5 Å². The molecule has 1 fully saturated rings. The Bertz CT molecular complexity index is 1110. The summed E-state index contributed by atoms with van der Waals surface area (Å²) in [5.41, 5.74) is 2.31. The summed E-state index contributed by atoms with van der Waals surface area (Å²) in [5.74, 6) is 0.518. The highest BCUT2D eigenvalue weighted by Crippen LogP contribution is 2.42. The number of carbonyl (C=O) groups is 1. The van der Waals surface area contributed by atoms with Gasteiger partial charge < -0.3 is 14.8 Å². The van der Waals surface area contributed by atoms with E-state index in [1.807, 2.05) is 29.4 Å². The largest absolute Gasteiger partial charge is 0.336 e. The molecule has 2 aromatic heterocycles. The van der Waals surface area contributed by atoms with Crippen LogP contribution in [0, 0.1) is 5.92 Å². The van der Waals surface area contributed by atoms with Crippen molar-refractivity contribution in [2.24, 2.45) is 5.92 Å². The standard InChI is InChI=1S/C23H25N3O2S/c1-14(2)24-23(28)25-11-15-9-17(13-25)22-18(7-8-21(27)26(22)12-15)20-10-16-5-3-4-6-19(16)29-20/h3-8,10,14-15,17H,9,11-13H2,1-2H3,(H,24,28)/t15-,17+/m0/s1. The van der Waals surface area contributed by atoms with Gasteiger partial charge in [0.05, 0.1) is 0 Å². The molecule has 2 aliphatic heterocycles. The molecule has 0 unspecified atom stereocenters. The predicted octanol–water partition coefficient (Wildman–Crippen LogP) is 4.27. The van der Waals surface area contributed by atoms with Crippen LogP contribution in [0.5, 0.6) is 0 Å². The number of nitrogens with zero attached hydrogens (tertiary/aromatic N) is 2. The number of aromatic nitrogens is 1. The van der Waals surface area contributed by atoms with Gasteiger partial charge in [-0.3, -0.25) is 4.79 Å². The van der Waals surface area contributed by atoms with Crippen LogP contribution in [-0.2, 0) is 6.54 Å². The Morgan fingerprint density at radius 1 is 1.14 bits per heavy atom. The zero-order chi connectivity index (χ0) is 20.1. The fourth-order valence-electron chi connectivity index (χ4n) is 4.84. The molecule has 5 rings (SSSR count). The number of pyridine rings is 1. The summed E-state index contributed by atoms with van der Waals surface area (Å²) in [6.45, 7) is 6.04. The molecule has 2 aliphatic rings. The first-order valence-electron chi connectivity index (χ1n) is 10.3. The van der Waals surface area contributed by atoms with Crippen LogP contribution in [0.1, 0.15) is 31.9 Å². The lowest BCUT2D eigenvalue weighted by Gasteiger charge is -2.43. The third-order valence-electron chi connectivity index (χ3n) is 5.98. The lowest BCUT2D eigenvalue weighted by Crippen LogP contribution is -2.53. The lowest BCUT2D eigenvalue weighted by molar-refractivity contribution is 0.130. The molecule has 150 valence electrons. The smallest absolute Gasteiger partial charge is 0.317 e. The Morgan fingerprint density at radius 2 is 1.97 bits per heavy atom. The minimum atomic E-state index is 0.00448. The van der Waals surface area contributed by atoms with Gasteiger partial charge in [-0.1, -0.05) is 18.2 Å². The third-order valence-corrected chi connectivity index (χ3v) is 7.13. The van der Waals surface area contributed by atoms with E-state index < -0.39 is 0 Å². The molecule has 0 spiro atoms. The van der Waals surface area contributed by atoms with Gasteiger partial charge in [-0.15, -0.1) is 11.3 Å². The van der Waals surface area contributed by atoms with Gasteiger partial charge in [0.1, 0.15) is 0 Å². The SMILES string of the molecule is CC(C)NC(=O)N1C[C@@H]2C[C@H](C1)c1c(-c3cc4ccccc4s3)ccc(=O)n1C2. The van der Waals surface area contributed by atoms with Gasteiger partial charge in [0, 0.05) is 58.5 Å². The van der Waals surface area contributed by atoms with E-state index in [1.165, 1.54) is 15.0 Å². The number of amides is 2. The van der Waals surface area contributed by atoms with Crippen molar-refractivity contribution in [3.63, 3.8) is 0 Å². The second-order valence-electron chi connectivity index (χ2n) is 8.54. The van der Waals surface area contributed by atoms with E-state index in [-0.39, 0.29) is 23.6 Å². The topological polar surface area (TPSA) is 54.3 Å². The number of piperidine rings is 1. The monoisotopic (exact) mass is 407 g/mol. The zero-order valence-corrected chi connectivity index (χ0v) is 17.5. The number of hydrogen-bond donors (Lipinski definition) is 1. The first-order chi connectivity index (χ1) is 14.0. The molecule has 5 nitrogen and oxygen atoms in total. The van der Waals surface area contributed by atoms with E-state index in [1.54, 1.807) is 17.4 Å². The maximum Gasteiger partial charge on any atom is 0.317 e. The molecular formula is C23H25N3O2S. The van der Waals surface area contributed by atoms with Crippen molar-refractivity contribution in [1.29, 1.82) is 0 Å². The number of likely N-dealkylation sites (tertiary alicyclic amines) is 1. The Kier molecular flexibility index (Phi) is 4.46. The number of carbonyl (C=O) groups excluding carboxylic acids is 1. The van der Waals surface area contributed by atoms with Crippen LogP contribution in [0.2, 0.25) is 0 Å². The molecule has 0 radical (unpaired) electrons. The minimum Gasteiger partial charge on any atom is -0.336 e. The molecule has 2 bridgehead atoms. The Balaban J connectivity index is 1.57. The van der Waals surface area contributed by atoms with Crippen molar-refractivity contribution < 1.29 is 4.79 Å². The molecule has 29 heavy (non-hydrogen) atoms. The van der Waals surface area contributed by atoms with Crippen molar-refractivity contribution in [3.05, 3.63) is 58.5 Å². The molecule has 2 amide bonds. The first kappa shape index (κ1) is 18.4. The van der Waals surface area contributed by atoms with Crippen molar-refractivity contribution >= 4 is 27.5 Å². The lowest BCUT2D eigenvalue weighted by atomic mass is 9.81. The Morgan fingerprint density at radius 3 is 2.76 bits per heavy atom.